The van der Waals surface area contributed by atoms with Gasteiger partial charge in [0.2, 0.25) is 0 Å². The van der Waals surface area contributed by atoms with E-state index >= 15 is 0 Å². The smallest absolute Gasteiger partial charge is 0.0172 e. The van der Waals surface area contributed by atoms with Gasteiger partial charge in [0.25, 0.3) is 0 Å². The summed E-state index contributed by atoms with van der Waals surface area (Å²) in [5.41, 5.74) is 2.17. The minimum absolute atomic E-state index is 0.707. The van der Waals surface area contributed by atoms with Crippen LogP contribution in [0, 0.1) is 35.0 Å². The predicted octanol–water partition coefficient (Wildman–Crippen LogP) is 4.27. The van der Waals surface area contributed by atoms with E-state index in [4.69, 9.17) is 0 Å². The highest BCUT2D eigenvalue weighted by Crippen LogP contribution is 2.73. The zero-order chi connectivity index (χ0) is 10.8. The van der Waals surface area contributed by atoms with Crippen LogP contribution in [0.25, 0.3) is 0 Å². The van der Waals surface area contributed by atoms with Crippen LogP contribution in [0.5, 0.6) is 0 Å². The standard InChI is InChI=1S/C15H24/c1-9(2)11-7-8-15(4)12-6-5-10(3)13(12)14(11)15/h10-14H,1,5-8H2,2-4H3/t10-,11+,12+,13-,14+,15-/m1/s1. The van der Waals surface area contributed by atoms with Gasteiger partial charge < -0.3 is 0 Å². The molecule has 0 aromatic heterocycles. The molecule has 0 aliphatic heterocycles. The van der Waals surface area contributed by atoms with Crippen LogP contribution in [-0.2, 0) is 0 Å². The van der Waals surface area contributed by atoms with Crippen molar-refractivity contribution in [3.63, 3.8) is 0 Å². The topological polar surface area (TPSA) is 0 Å². The molecular weight excluding hydrogens is 180 g/mol. The number of hydrogen-bond acceptors (Lipinski definition) is 0. The van der Waals surface area contributed by atoms with Crippen LogP contribution >= 0.6 is 0 Å². The maximum atomic E-state index is 4.23. The van der Waals surface area contributed by atoms with Crippen molar-refractivity contribution in [1.29, 1.82) is 0 Å². The lowest BCUT2D eigenvalue weighted by molar-refractivity contribution is -0.0940. The van der Waals surface area contributed by atoms with E-state index in [1.54, 1.807) is 0 Å². The fourth-order valence-corrected chi connectivity index (χ4v) is 5.44. The molecule has 3 fully saturated rings. The van der Waals surface area contributed by atoms with Gasteiger partial charge in [-0.3, -0.25) is 0 Å². The van der Waals surface area contributed by atoms with Gasteiger partial charge in [-0.05, 0) is 61.2 Å². The van der Waals surface area contributed by atoms with E-state index < -0.39 is 0 Å². The summed E-state index contributed by atoms with van der Waals surface area (Å²) in [6, 6.07) is 0. The average Bonchev–Trinajstić information content (AvgIpc) is 2.62. The molecule has 0 unspecified atom stereocenters. The number of hydrogen-bond donors (Lipinski definition) is 0. The van der Waals surface area contributed by atoms with Gasteiger partial charge in [-0.1, -0.05) is 32.4 Å². The van der Waals surface area contributed by atoms with Crippen LogP contribution in [0.3, 0.4) is 0 Å². The van der Waals surface area contributed by atoms with Gasteiger partial charge in [-0.25, -0.2) is 0 Å². The van der Waals surface area contributed by atoms with E-state index in [9.17, 15) is 0 Å². The van der Waals surface area contributed by atoms with Crippen LogP contribution in [0.15, 0.2) is 12.2 Å². The first kappa shape index (κ1) is 9.93. The van der Waals surface area contributed by atoms with Crippen LogP contribution < -0.4 is 0 Å². The van der Waals surface area contributed by atoms with Gasteiger partial charge in [0.15, 0.2) is 0 Å². The van der Waals surface area contributed by atoms with Crippen molar-refractivity contribution < 1.29 is 0 Å². The lowest BCUT2D eigenvalue weighted by Crippen LogP contribution is -2.53. The quantitative estimate of drug-likeness (QED) is 0.559. The highest BCUT2D eigenvalue weighted by atomic mass is 14.7. The minimum atomic E-state index is 0.707. The van der Waals surface area contributed by atoms with Gasteiger partial charge >= 0.3 is 0 Å². The first-order valence-electron chi connectivity index (χ1n) is 6.71. The summed E-state index contributed by atoms with van der Waals surface area (Å²) in [4.78, 5) is 0. The van der Waals surface area contributed by atoms with Crippen LogP contribution in [0.4, 0.5) is 0 Å². The Morgan fingerprint density at radius 3 is 2.67 bits per heavy atom. The van der Waals surface area contributed by atoms with Crippen molar-refractivity contribution >= 4 is 0 Å². The second-order valence-electron chi connectivity index (χ2n) is 6.76. The monoisotopic (exact) mass is 204 g/mol. The second-order valence-corrected chi connectivity index (χ2v) is 6.76. The Labute approximate surface area is 94.1 Å². The second kappa shape index (κ2) is 2.90. The molecule has 0 spiro atoms. The number of rotatable bonds is 1. The summed E-state index contributed by atoms with van der Waals surface area (Å²) in [6.07, 6.45) is 5.91. The first-order valence-corrected chi connectivity index (χ1v) is 6.71. The van der Waals surface area contributed by atoms with Gasteiger partial charge in [0, 0.05) is 0 Å². The lowest BCUT2D eigenvalue weighted by atomic mass is 9.47. The Hall–Kier alpha value is -0.260. The fourth-order valence-electron chi connectivity index (χ4n) is 5.44. The summed E-state index contributed by atoms with van der Waals surface area (Å²) in [5.74, 6) is 4.98. The minimum Gasteiger partial charge on any atom is -0.0998 e. The molecule has 3 rings (SSSR count). The highest BCUT2D eigenvalue weighted by molar-refractivity contribution is 5.20. The van der Waals surface area contributed by atoms with Crippen molar-refractivity contribution in [2.45, 2.75) is 46.5 Å². The third-order valence-corrected chi connectivity index (χ3v) is 6.14. The normalized spacial score (nSPS) is 57.1. The Morgan fingerprint density at radius 2 is 2.00 bits per heavy atom. The fraction of sp³-hybridized carbons (Fsp3) is 0.867. The number of allylic oxidation sites excluding steroid dienone is 1. The summed E-state index contributed by atoms with van der Waals surface area (Å²) in [7, 11) is 0. The highest BCUT2D eigenvalue weighted by Gasteiger charge is 2.66. The molecule has 0 radical (unpaired) electrons. The molecule has 15 heavy (non-hydrogen) atoms. The zero-order valence-electron chi connectivity index (χ0n) is 10.4. The first-order chi connectivity index (χ1) is 7.05. The van der Waals surface area contributed by atoms with Gasteiger partial charge in [-0.2, -0.15) is 0 Å². The van der Waals surface area contributed by atoms with Crippen molar-refractivity contribution in [3.05, 3.63) is 12.2 Å². The zero-order valence-corrected chi connectivity index (χ0v) is 10.4. The van der Waals surface area contributed by atoms with E-state index in [-0.39, 0.29) is 0 Å². The molecule has 0 nitrogen and oxygen atoms in total. The molecule has 84 valence electrons. The van der Waals surface area contributed by atoms with Crippen molar-refractivity contribution in [2.75, 3.05) is 0 Å². The molecule has 3 saturated carbocycles. The Balaban J connectivity index is 1.91. The van der Waals surface area contributed by atoms with E-state index in [1.165, 1.54) is 31.3 Å². The predicted molar refractivity (Wildman–Crippen MR) is 64.5 cm³/mol. The Kier molecular flexibility index (Phi) is 1.92. The molecule has 0 aromatic carbocycles. The molecule has 0 heterocycles. The van der Waals surface area contributed by atoms with E-state index in [2.05, 4.69) is 27.4 Å². The molecular formula is C15H24. The van der Waals surface area contributed by atoms with E-state index in [0.717, 1.165) is 29.6 Å². The Bertz CT molecular complexity index is 303. The van der Waals surface area contributed by atoms with Crippen LogP contribution in [-0.4, -0.2) is 0 Å². The summed E-state index contributed by atoms with van der Waals surface area (Å²) in [5, 5.41) is 0. The maximum absolute atomic E-state index is 4.23. The Morgan fingerprint density at radius 1 is 1.27 bits per heavy atom. The molecule has 0 bridgehead atoms. The molecule has 3 aliphatic carbocycles. The van der Waals surface area contributed by atoms with Crippen molar-refractivity contribution in [3.8, 4) is 0 Å². The third kappa shape index (κ3) is 1.04. The summed E-state index contributed by atoms with van der Waals surface area (Å²) >= 11 is 0. The number of fused-ring (bicyclic) bond motifs is 4. The van der Waals surface area contributed by atoms with Crippen LogP contribution in [0.1, 0.15) is 46.5 Å². The molecule has 3 aliphatic rings. The van der Waals surface area contributed by atoms with Gasteiger partial charge in [-0.15, -0.1) is 0 Å². The largest absolute Gasteiger partial charge is 0.0998 e. The van der Waals surface area contributed by atoms with Crippen molar-refractivity contribution in [2.24, 2.45) is 35.0 Å². The van der Waals surface area contributed by atoms with Crippen LogP contribution in [0.2, 0.25) is 0 Å². The maximum Gasteiger partial charge on any atom is -0.0172 e. The van der Waals surface area contributed by atoms with Gasteiger partial charge in [0.05, 0.1) is 0 Å². The molecule has 0 N–H and O–H groups in total. The molecule has 0 amide bonds. The van der Waals surface area contributed by atoms with Gasteiger partial charge in [0.1, 0.15) is 0 Å². The summed E-state index contributed by atoms with van der Waals surface area (Å²) in [6.45, 7) is 11.5. The molecule has 0 heteroatoms. The third-order valence-electron chi connectivity index (χ3n) is 6.14. The van der Waals surface area contributed by atoms with Crippen molar-refractivity contribution in [1.82, 2.24) is 0 Å². The SMILES string of the molecule is C=C(C)[C@@H]1CC[C@@]2(C)[C@@H]1[C@@H]1[C@H](C)CC[C@@H]12. The summed E-state index contributed by atoms with van der Waals surface area (Å²) < 4.78 is 0. The lowest BCUT2D eigenvalue weighted by Gasteiger charge is -2.57. The molecule has 0 aromatic rings. The molecule has 6 atom stereocenters. The van der Waals surface area contributed by atoms with E-state index in [1.807, 2.05) is 0 Å². The average molecular weight is 204 g/mol. The molecule has 0 saturated heterocycles. The van der Waals surface area contributed by atoms with E-state index in [0.29, 0.717) is 5.41 Å².